The Balaban J connectivity index is 1.38. The highest BCUT2D eigenvalue weighted by atomic mass is 79.9. The number of halogens is 1. The maximum absolute atomic E-state index is 14.0. The number of amides is 2. The number of para-hydroxylation sites is 1. The van der Waals surface area contributed by atoms with Gasteiger partial charge in [-0.05, 0) is 85.9 Å². The highest BCUT2D eigenvalue weighted by Crippen LogP contribution is 2.48. The van der Waals surface area contributed by atoms with Crippen LogP contribution in [0.1, 0.15) is 36.9 Å². The first-order valence-electron chi connectivity index (χ1n) is 13.5. The number of hydroxylamine groups is 1. The lowest BCUT2D eigenvalue weighted by molar-refractivity contribution is -0.126. The van der Waals surface area contributed by atoms with Gasteiger partial charge in [0, 0.05) is 16.6 Å². The molecule has 3 aromatic rings. The molecule has 3 heterocycles. The number of hydrogen-bond acceptors (Lipinski definition) is 6. The Kier molecular flexibility index (Phi) is 7.18. The van der Waals surface area contributed by atoms with E-state index in [9.17, 15) is 9.59 Å². The number of carbonyl (C=O) groups is 2. The number of benzene rings is 3. The molecule has 3 aliphatic rings. The Morgan fingerprint density at radius 1 is 0.923 bits per heavy atom. The average molecular weight is 591 g/mol. The zero-order chi connectivity index (χ0) is 27.1. The summed E-state index contributed by atoms with van der Waals surface area (Å²) in [6.45, 7) is 5.19. The van der Waals surface area contributed by atoms with Crippen molar-refractivity contribution < 1.29 is 19.2 Å². The number of fused-ring (bicyclic) bond motifs is 1. The summed E-state index contributed by atoms with van der Waals surface area (Å²) in [4.78, 5) is 37.6. The number of hydrogen-bond donors (Lipinski definition) is 0. The van der Waals surface area contributed by atoms with Crippen molar-refractivity contribution in [3.8, 4) is 5.75 Å². The van der Waals surface area contributed by atoms with Crippen LogP contribution in [0.4, 0.5) is 11.4 Å². The number of carbonyl (C=O) groups excluding carboxylic acids is 2. The fourth-order valence-corrected chi connectivity index (χ4v) is 6.23. The summed E-state index contributed by atoms with van der Waals surface area (Å²) in [6, 6.07) is 22.5. The molecule has 3 aliphatic heterocycles. The minimum Gasteiger partial charge on any atom is -0.496 e. The average Bonchev–Trinajstić information content (AvgIpc) is 3.46. The summed E-state index contributed by atoms with van der Waals surface area (Å²) in [5, 5.41) is 1.75. The highest BCUT2D eigenvalue weighted by molar-refractivity contribution is 9.10. The van der Waals surface area contributed by atoms with E-state index in [1.807, 2.05) is 54.6 Å². The van der Waals surface area contributed by atoms with Gasteiger partial charge in [0.15, 0.2) is 6.10 Å². The topological polar surface area (TPSA) is 62.3 Å². The predicted molar refractivity (Wildman–Crippen MR) is 153 cm³/mol. The number of methoxy groups -OCH3 is 1. The Labute approximate surface area is 237 Å². The van der Waals surface area contributed by atoms with Gasteiger partial charge in [-0.2, -0.15) is 0 Å². The lowest BCUT2D eigenvalue weighted by Gasteiger charge is -2.31. The monoisotopic (exact) mass is 589 g/mol. The van der Waals surface area contributed by atoms with Crippen molar-refractivity contribution in [2.45, 2.75) is 38.5 Å². The van der Waals surface area contributed by atoms with Gasteiger partial charge in [-0.3, -0.25) is 19.3 Å². The van der Waals surface area contributed by atoms with Crippen molar-refractivity contribution in [1.82, 2.24) is 4.90 Å². The van der Waals surface area contributed by atoms with E-state index in [0.29, 0.717) is 5.69 Å². The largest absolute Gasteiger partial charge is 0.496 e. The second-order valence-electron chi connectivity index (χ2n) is 10.7. The third kappa shape index (κ3) is 4.86. The van der Waals surface area contributed by atoms with Crippen LogP contribution in [0, 0.1) is 11.8 Å². The normalized spacial score (nSPS) is 23.9. The van der Waals surface area contributed by atoms with E-state index in [2.05, 4.69) is 33.8 Å². The number of imide groups is 1. The first-order chi connectivity index (χ1) is 18.9. The van der Waals surface area contributed by atoms with Crippen LogP contribution in [0.3, 0.4) is 0 Å². The Bertz CT molecular complexity index is 1360. The number of ether oxygens (including phenoxy) is 1. The van der Waals surface area contributed by atoms with Gasteiger partial charge < -0.3 is 4.74 Å². The summed E-state index contributed by atoms with van der Waals surface area (Å²) in [6.07, 6.45) is 1.47. The summed E-state index contributed by atoms with van der Waals surface area (Å²) in [7, 11) is 1.69. The summed E-state index contributed by atoms with van der Waals surface area (Å²) in [5.74, 6) is 0.300. The van der Waals surface area contributed by atoms with Crippen LogP contribution in [0.25, 0.3) is 0 Å². The molecular formula is C31H32BrN3O4. The number of nitrogens with zero attached hydrogens (tertiary/aromatic N) is 3. The van der Waals surface area contributed by atoms with Crippen molar-refractivity contribution >= 4 is 39.1 Å². The number of piperidine rings is 1. The zero-order valence-corrected chi connectivity index (χ0v) is 23.7. The smallest absolute Gasteiger partial charge is 0.266 e. The maximum Gasteiger partial charge on any atom is 0.266 e. The van der Waals surface area contributed by atoms with E-state index < -0.39 is 18.1 Å². The van der Waals surface area contributed by atoms with Gasteiger partial charge in [0.05, 0.1) is 24.5 Å². The van der Waals surface area contributed by atoms with E-state index in [4.69, 9.17) is 9.57 Å². The first-order valence-corrected chi connectivity index (χ1v) is 14.3. The first kappa shape index (κ1) is 26.0. The zero-order valence-electron chi connectivity index (χ0n) is 22.1. The van der Waals surface area contributed by atoms with Crippen molar-refractivity contribution in [3.05, 3.63) is 88.4 Å². The van der Waals surface area contributed by atoms with Crippen LogP contribution in [-0.2, 0) is 21.0 Å². The van der Waals surface area contributed by atoms with Crippen LogP contribution < -0.4 is 14.7 Å². The molecule has 202 valence electrons. The van der Waals surface area contributed by atoms with Gasteiger partial charge in [-0.15, -0.1) is 0 Å². The molecule has 0 radical (unpaired) electrons. The molecule has 0 aromatic heterocycles. The number of rotatable bonds is 6. The van der Waals surface area contributed by atoms with Gasteiger partial charge in [0.25, 0.3) is 5.91 Å². The van der Waals surface area contributed by atoms with Gasteiger partial charge in [0.2, 0.25) is 5.91 Å². The fraction of sp³-hybridized carbons (Fsp3) is 0.355. The summed E-state index contributed by atoms with van der Waals surface area (Å²) in [5.41, 5.74) is 3.34. The molecule has 3 aromatic carbocycles. The van der Waals surface area contributed by atoms with Crippen LogP contribution in [0.15, 0.2) is 77.3 Å². The Morgan fingerprint density at radius 3 is 2.33 bits per heavy atom. The molecular weight excluding hydrogens is 558 g/mol. The van der Waals surface area contributed by atoms with E-state index >= 15 is 0 Å². The molecule has 0 bridgehead atoms. The molecule has 0 saturated carbocycles. The molecule has 8 heteroatoms. The maximum atomic E-state index is 14.0. The molecule has 3 fully saturated rings. The second-order valence-corrected chi connectivity index (χ2v) is 11.6. The van der Waals surface area contributed by atoms with Crippen LogP contribution in [0.2, 0.25) is 0 Å². The molecule has 7 nitrogen and oxygen atoms in total. The van der Waals surface area contributed by atoms with Crippen molar-refractivity contribution in [1.29, 1.82) is 0 Å². The molecule has 3 atom stereocenters. The molecule has 6 rings (SSSR count). The van der Waals surface area contributed by atoms with Crippen molar-refractivity contribution in [2.24, 2.45) is 11.8 Å². The van der Waals surface area contributed by atoms with Crippen LogP contribution in [-0.4, -0.2) is 43.0 Å². The van der Waals surface area contributed by atoms with Gasteiger partial charge in [-0.1, -0.05) is 47.1 Å². The van der Waals surface area contributed by atoms with Crippen molar-refractivity contribution in [2.75, 3.05) is 30.2 Å². The third-order valence-electron chi connectivity index (χ3n) is 8.13. The molecule has 0 N–H and O–H groups in total. The number of likely N-dealkylation sites (tertiary alicyclic amines) is 1. The minimum atomic E-state index is -0.902. The molecule has 0 aliphatic carbocycles. The summed E-state index contributed by atoms with van der Waals surface area (Å²) < 4.78 is 6.62. The van der Waals surface area contributed by atoms with Crippen LogP contribution >= 0.6 is 15.9 Å². The van der Waals surface area contributed by atoms with Crippen LogP contribution in [0.5, 0.6) is 5.75 Å². The second kappa shape index (κ2) is 10.8. The van der Waals surface area contributed by atoms with Gasteiger partial charge in [-0.25, -0.2) is 9.96 Å². The lowest BCUT2D eigenvalue weighted by Crippen LogP contribution is -2.37. The third-order valence-corrected chi connectivity index (χ3v) is 8.66. The lowest BCUT2D eigenvalue weighted by atomic mass is 9.89. The fourth-order valence-electron chi connectivity index (χ4n) is 5.96. The van der Waals surface area contributed by atoms with E-state index in [-0.39, 0.29) is 11.8 Å². The minimum absolute atomic E-state index is 0.252. The number of anilines is 2. The molecule has 3 saturated heterocycles. The molecule has 39 heavy (non-hydrogen) atoms. The van der Waals surface area contributed by atoms with Gasteiger partial charge >= 0.3 is 0 Å². The van der Waals surface area contributed by atoms with E-state index in [1.54, 1.807) is 24.3 Å². The molecule has 2 amide bonds. The standard InChI is InChI=1S/C31H32BrN3O4/c1-20-14-16-33(17-15-20)19-22-18-21(8-13-26(22)38-2)28-27-29(39-35(28)25-6-4-3-5-7-25)31(37)34(30(27)36)24-11-9-23(32)10-12-24/h3-13,18,20,27-29H,14-17,19H2,1-2H3/t27-,28+,29+/m0/s1. The Hall–Kier alpha value is -3.20. The highest BCUT2D eigenvalue weighted by Gasteiger charge is 2.60. The van der Waals surface area contributed by atoms with E-state index in [1.165, 1.54) is 17.7 Å². The molecule has 0 spiro atoms. The van der Waals surface area contributed by atoms with E-state index in [0.717, 1.165) is 52.6 Å². The van der Waals surface area contributed by atoms with Gasteiger partial charge in [0.1, 0.15) is 11.7 Å². The summed E-state index contributed by atoms with van der Waals surface area (Å²) >= 11 is 3.43. The molecule has 0 unspecified atom stereocenters. The quantitative estimate of drug-likeness (QED) is 0.342. The SMILES string of the molecule is COc1ccc([C@@H]2[C@@H]3C(=O)N(c4ccc(Br)cc4)C(=O)[C@@H]3ON2c2ccccc2)cc1CN1CCC(C)CC1. The predicted octanol–water partition coefficient (Wildman–Crippen LogP) is 5.74. The Morgan fingerprint density at radius 2 is 1.64 bits per heavy atom. The van der Waals surface area contributed by atoms with Crippen molar-refractivity contribution in [3.63, 3.8) is 0 Å².